The molecule has 1 fully saturated rings. The molecule has 2 rings (SSSR count). The van der Waals surface area contributed by atoms with Gasteiger partial charge in [0.05, 0.1) is 37.5 Å². The zero-order chi connectivity index (χ0) is 15.4. The quantitative estimate of drug-likeness (QED) is 0.824. The van der Waals surface area contributed by atoms with Gasteiger partial charge in [0.2, 0.25) is 0 Å². The predicted octanol–water partition coefficient (Wildman–Crippen LogP) is 0.857. The van der Waals surface area contributed by atoms with Crippen LogP contribution < -0.4 is 4.90 Å². The Bertz CT molecular complexity index is 546. The highest BCUT2D eigenvalue weighted by Crippen LogP contribution is 2.19. The zero-order valence-corrected chi connectivity index (χ0v) is 12.0. The van der Waals surface area contributed by atoms with Gasteiger partial charge in [0, 0.05) is 13.1 Å². The van der Waals surface area contributed by atoms with Gasteiger partial charge >= 0.3 is 11.9 Å². The summed E-state index contributed by atoms with van der Waals surface area (Å²) in [6, 6.07) is 3.41. The van der Waals surface area contributed by atoms with E-state index in [0.29, 0.717) is 36.8 Å². The van der Waals surface area contributed by atoms with Crippen LogP contribution in [0.25, 0.3) is 0 Å². The van der Waals surface area contributed by atoms with Crippen molar-refractivity contribution in [1.29, 1.82) is 0 Å². The van der Waals surface area contributed by atoms with Crippen molar-refractivity contribution in [2.75, 3.05) is 31.7 Å². The lowest BCUT2D eigenvalue weighted by molar-refractivity contribution is -0.140. The molecule has 7 nitrogen and oxygen atoms in total. The van der Waals surface area contributed by atoms with E-state index in [0.717, 1.165) is 0 Å². The molecule has 114 valence electrons. The van der Waals surface area contributed by atoms with Gasteiger partial charge in [0.15, 0.2) is 0 Å². The Morgan fingerprint density at radius 1 is 1.52 bits per heavy atom. The third kappa shape index (κ3) is 3.69. The Morgan fingerprint density at radius 3 is 2.90 bits per heavy atom. The minimum atomic E-state index is -0.882. The molecule has 1 saturated heterocycles. The zero-order valence-electron chi connectivity index (χ0n) is 12.0. The van der Waals surface area contributed by atoms with Crippen LogP contribution in [0.4, 0.5) is 5.82 Å². The number of anilines is 1. The summed E-state index contributed by atoms with van der Waals surface area (Å²) in [5, 5.41) is 8.83. The molecule has 0 saturated carbocycles. The number of methoxy groups -OCH3 is 1. The first-order valence-electron chi connectivity index (χ1n) is 6.65. The summed E-state index contributed by atoms with van der Waals surface area (Å²) in [7, 11) is 1.33. The van der Waals surface area contributed by atoms with E-state index in [1.54, 1.807) is 19.1 Å². The number of carboxylic acids is 1. The largest absolute Gasteiger partial charge is 0.481 e. The maximum atomic E-state index is 11.5. The van der Waals surface area contributed by atoms with Crippen molar-refractivity contribution in [1.82, 2.24) is 4.98 Å². The Kier molecular flexibility index (Phi) is 4.74. The third-order valence-corrected chi connectivity index (χ3v) is 3.34. The minimum absolute atomic E-state index is 0.0320. The van der Waals surface area contributed by atoms with E-state index in [-0.39, 0.29) is 12.5 Å². The number of morpholine rings is 1. The highest BCUT2D eigenvalue weighted by molar-refractivity contribution is 5.90. The molecular weight excluding hydrogens is 276 g/mol. The molecule has 2 heterocycles. The van der Waals surface area contributed by atoms with Gasteiger partial charge in [-0.2, -0.15) is 0 Å². The number of hydrogen-bond donors (Lipinski definition) is 1. The highest BCUT2D eigenvalue weighted by Gasteiger charge is 2.24. The predicted molar refractivity (Wildman–Crippen MR) is 74.5 cm³/mol. The van der Waals surface area contributed by atoms with E-state index in [1.165, 1.54) is 7.11 Å². The smallest absolute Gasteiger partial charge is 0.339 e. The van der Waals surface area contributed by atoms with Gasteiger partial charge in [0.1, 0.15) is 5.82 Å². The average molecular weight is 294 g/mol. The van der Waals surface area contributed by atoms with Crippen molar-refractivity contribution >= 4 is 17.8 Å². The lowest BCUT2D eigenvalue weighted by Crippen LogP contribution is -2.43. The van der Waals surface area contributed by atoms with Gasteiger partial charge in [-0.15, -0.1) is 0 Å². The standard InChI is InChI=1S/C14H18N2O5/c1-9-11(14(19)20-2)3-4-12(15-9)16-5-6-21-10(8-16)7-13(17)18/h3-4,10H,5-8H2,1-2H3,(H,17,18). The van der Waals surface area contributed by atoms with Gasteiger partial charge in [-0.05, 0) is 19.1 Å². The number of carbonyl (C=O) groups is 2. The van der Waals surface area contributed by atoms with Crippen LogP contribution in [0.2, 0.25) is 0 Å². The van der Waals surface area contributed by atoms with E-state index >= 15 is 0 Å². The molecule has 1 unspecified atom stereocenters. The van der Waals surface area contributed by atoms with Crippen LogP contribution in [0, 0.1) is 6.92 Å². The van der Waals surface area contributed by atoms with Crippen molar-refractivity contribution in [2.45, 2.75) is 19.4 Å². The first kappa shape index (κ1) is 15.2. The van der Waals surface area contributed by atoms with Crippen LogP contribution in [0.1, 0.15) is 22.5 Å². The molecule has 1 aromatic rings. The molecule has 1 N–H and O–H groups in total. The maximum absolute atomic E-state index is 11.5. The second kappa shape index (κ2) is 6.53. The fourth-order valence-electron chi connectivity index (χ4n) is 2.30. The van der Waals surface area contributed by atoms with Crippen LogP contribution in [0.15, 0.2) is 12.1 Å². The summed E-state index contributed by atoms with van der Waals surface area (Å²) in [6.07, 6.45) is -0.380. The number of rotatable bonds is 4. The van der Waals surface area contributed by atoms with Gasteiger partial charge in [-0.1, -0.05) is 0 Å². The van der Waals surface area contributed by atoms with Crippen molar-refractivity contribution < 1.29 is 24.2 Å². The summed E-state index contributed by atoms with van der Waals surface area (Å²) < 4.78 is 10.1. The second-order valence-electron chi connectivity index (χ2n) is 4.83. The SMILES string of the molecule is COC(=O)c1ccc(N2CCOC(CC(=O)O)C2)nc1C. The number of ether oxygens (including phenoxy) is 2. The van der Waals surface area contributed by atoms with Crippen LogP contribution >= 0.6 is 0 Å². The highest BCUT2D eigenvalue weighted by atomic mass is 16.5. The number of esters is 1. The Morgan fingerprint density at radius 2 is 2.29 bits per heavy atom. The maximum Gasteiger partial charge on any atom is 0.339 e. The fraction of sp³-hybridized carbons (Fsp3) is 0.500. The molecule has 1 aliphatic rings. The number of aromatic nitrogens is 1. The van der Waals surface area contributed by atoms with Crippen LogP contribution in [-0.4, -0.2) is 54.9 Å². The molecule has 0 aliphatic carbocycles. The van der Waals surface area contributed by atoms with Gasteiger partial charge in [0.25, 0.3) is 0 Å². The van der Waals surface area contributed by atoms with E-state index in [2.05, 4.69) is 9.72 Å². The fourth-order valence-corrected chi connectivity index (χ4v) is 2.30. The number of carbonyl (C=O) groups excluding carboxylic acids is 1. The van der Waals surface area contributed by atoms with E-state index < -0.39 is 11.9 Å². The van der Waals surface area contributed by atoms with Crippen LogP contribution in [-0.2, 0) is 14.3 Å². The Hall–Kier alpha value is -2.15. The molecule has 0 bridgehead atoms. The van der Waals surface area contributed by atoms with Gasteiger partial charge in [-0.25, -0.2) is 9.78 Å². The van der Waals surface area contributed by atoms with Gasteiger partial charge < -0.3 is 19.5 Å². The third-order valence-electron chi connectivity index (χ3n) is 3.34. The van der Waals surface area contributed by atoms with Crippen LogP contribution in [0.5, 0.6) is 0 Å². The van der Waals surface area contributed by atoms with Crippen molar-refractivity contribution in [3.63, 3.8) is 0 Å². The average Bonchev–Trinajstić information content (AvgIpc) is 2.46. The summed E-state index contributed by atoms with van der Waals surface area (Å²) in [5.41, 5.74) is 1.01. The summed E-state index contributed by atoms with van der Waals surface area (Å²) in [5.74, 6) is -0.594. The lowest BCUT2D eigenvalue weighted by atomic mass is 10.2. The molecule has 1 aromatic heterocycles. The number of nitrogens with zero attached hydrogens (tertiary/aromatic N) is 2. The minimum Gasteiger partial charge on any atom is -0.481 e. The summed E-state index contributed by atoms with van der Waals surface area (Å²) in [6.45, 7) is 3.30. The summed E-state index contributed by atoms with van der Waals surface area (Å²) in [4.78, 5) is 28.7. The summed E-state index contributed by atoms with van der Waals surface area (Å²) >= 11 is 0. The van der Waals surface area contributed by atoms with Crippen LogP contribution in [0.3, 0.4) is 0 Å². The van der Waals surface area contributed by atoms with Gasteiger partial charge in [-0.3, -0.25) is 4.79 Å². The number of carboxylic acid groups (broad SMARTS) is 1. The number of hydrogen-bond acceptors (Lipinski definition) is 6. The number of pyridine rings is 1. The molecule has 0 amide bonds. The molecule has 0 radical (unpaired) electrons. The molecule has 1 atom stereocenters. The van der Waals surface area contributed by atoms with Crippen molar-refractivity contribution in [2.24, 2.45) is 0 Å². The number of aryl methyl sites for hydroxylation is 1. The topological polar surface area (TPSA) is 89.0 Å². The van der Waals surface area contributed by atoms with E-state index in [4.69, 9.17) is 9.84 Å². The van der Waals surface area contributed by atoms with Crippen molar-refractivity contribution in [3.8, 4) is 0 Å². The first-order chi connectivity index (χ1) is 10.0. The second-order valence-corrected chi connectivity index (χ2v) is 4.83. The molecular formula is C14H18N2O5. The molecule has 0 spiro atoms. The first-order valence-corrected chi connectivity index (χ1v) is 6.65. The van der Waals surface area contributed by atoms with Crippen molar-refractivity contribution in [3.05, 3.63) is 23.4 Å². The Labute approximate surface area is 122 Å². The lowest BCUT2D eigenvalue weighted by Gasteiger charge is -2.33. The molecule has 1 aliphatic heterocycles. The molecule has 0 aromatic carbocycles. The molecule has 21 heavy (non-hydrogen) atoms. The van der Waals surface area contributed by atoms with E-state index in [9.17, 15) is 9.59 Å². The Balaban J connectivity index is 2.12. The molecule has 7 heteroatoms. The monoisotopic (exact) mass is 294 g/mol. The normalized spacial score (nSPS) is 18.4. The van der Waals surface area contributed by atoms with E-state index in [1.807, 2.05) is 4.90 Å². The number of aliphatic carboxylic acids is 1.